The molecule has 0 fully saturated rings. The van der Waals surface area contributed by atoms with Crippen LogP contribution in [0.1, 0.15) is 52.1 Å². The van der Waals surface area contributed by atoms with Crippen LogP contribution in [0.15, 0.2) is 29.3 Å². The van der Waals surface area contributed by atoms with E-state index in [1.54, 1.807) is 18.4 Å². The Balaban J connectivity index is 0.00000280. The smallest absolute Gasteiger partial charge is 0.191 e. The summed E-state index contributed by atoms with van der Waals surface area (Å²) in [6, 6.07) is 8.68. The van der Waals surface area contributed by atoms with E-state index in [9.17, 15) is 0 Å². The molecule has 0 saturated heterocycles. The summed E-state index contributed by atoms with van der Waals surface area (Å²) in [4.78, 5) is 10.0. The number of nitrogens with one attached hydrogen (secondary N) is 2. The van der Waals surface area contributed by atoms with Crippen LogP contribution in [-0.4, -0.2) is 31.1 Å². The zero-order chi connectivity index (χ0) is 19.1. The Morgan fingerprint density at radius 2 is 2.11 bits per heavy atom. The number of thiazole rings is 1. The lowest BCUT2D eigenvalue weighted by Crippen LogP contribution is -2.37. The van der Waals surface area contributed by atoms with Crippen molar-refractivity contribution in [2.45, 2.75) is 52.2 Å². The molecule has 1 aliphatic carbocycles. The van der Waals surface area contributed by atoms with Gasteiger partial charge in [-0.05, 0) is 50.7 Å². The first kappa shape index (κ1) is 23.1. The molecule has 2 N–H and O–H groups in total. The van der Waals surface area contributed by atoms with Crippen LogP contribution in [0.3, 0.4) is 0 Å². The summed E-state index contributed by atoms with van der Waals surface area (Å²) in [5, 5.41) is 7.83. The van der Waals surface area contributed by atoms with Gasteiger partial charge in [-0.25, -0.2) is 4.98 Å². The van der Waals surface area contributed by atoms with E-state index in [2.05, 4.69) is 51.8 Å². The summed E-state index contributed by atoms with van der Waals surface area (Å²) in [5.41, 5.74) is 3.93. The zero-order valence-corrected chi connectivity index (χ0v) is 20.1. The Labute approximate surface area is 189 Å². The van der Waals surface area contributed by atoms with Crippen LogP contribution in [0.5, 0.6) is 0 Å². The monoisotopic (exact) mass is 514 g/mol. The molecule has 0 spiro atoms. The Kier molecular flexibility index (Phi) is 9.67. The summed E-state index contributed by atoms with van der Waals surface area (Å²) in [7, 11) is 1.80. The van der Waals surface area contributed by atoms with Gasteiger partial charge in [0.2, 0.25) is 0 Å². The largest absolute Gasteiger partial charge is 0.373 e. The van der Waals surface area contributed by atoms with Crippen LogP contribution >= 0.6 is 35.3 Å². The van der Waals surface area contributed by atoms with Crippen molar-refractivity contribution in [3.8, 4) is 0 Å². The van der Waals surface area contributed by atoms with Crippen LogP contribution < -0.4 is 10.6 Å². The van der Waals surface area contributed by atoms with Crippen molar-refractivity contribution in [1.29, 1.82) is 0 Å². The highest BCUT2D eigenvalue weighted by Crippen LogP contribution is 2.32. The second-order valence-corrected chi connectivity index (χ2v) is 8.19. The molecule has 1 unspecified atom stereocenters. The lowest BCUT2D eigenvalue weighted by Gasteiger charge is -2.25. The molecule has 154 valence electrons. The second-order valence-electron chi connectivity index (χ2n) is 6.90. The second kappa shape index (κ2) is 11.7. The summed E-state index contributed by atoms with van der Waals surface area (Å²) < 4.78 is 6.17. The molecule has 0 saturated carbocycles. The SMILES string of the molecule is CN=C(NCCCOC1CCCc2ccccc21)NCc1sc(C)nc1C.I. The highest BCUT2D eigenvalue weighted by molar-refractivity contribution is 14.0. The molecule has 0 radical (unpaired) electrons. The molecule has 0 aliphatic heterocycles. The molecule has 1 aromatic carbocycles. The number of hydrogen-bond acceptors (Lipinski definition) is 4. The van der Waals surface area contributed by atoms with Crippen LogP contribution in [0.4, 0.5) is 0 Å². The van der Waals surface area contributed by atoms with E-state index in [1.165, 1.54) is 28.8 Å². The van der Waals surface area contributed by atoms with E-state index in [0.29, 0.717) is 0 Å². The predicted molar refractivity (Wildman–Crippen MR) is 128 cm³/mol. The molecule has 1 aliphatic rings. The van der Waals surface area contributed by atoms with Crippen molar-refractivity contribution in [2.24, 2.45) is 4.99 Å². The topological polar surface area (TPSA) is 58.5 Å². The number of aryl methyl sites for hydroxylation is 3. The van der Waals surface area contributed by atoms with Crippen molar-refractivity contribution in [3.05, 3.63) is 51.0 Å². The van der Waals surface area contributed by atoms with E-state index in [-0.39, 0.29) is 30.1 Å². The van der Waals surface area contributed by atoms with Crippen LogP contribution in [0.2, 0.25) is 0 Å². The summed E-state index contributed by atoms with van der Waals surface area (Å²) in [5.74, 6) is 0.823. The van der Waals surface area contributed by atoms with E-state index >= 15 is 0 Å². The van der Waals surface area contributed by atoms with Gasteiger partial charge in [-0.2, -0.15) is 0 Å². The standard InChI is InChI=1S/C21H30N4OS.HI/c1-15-20(27-16(2)25-15)14-24-21(22-3)23-12-7-13-26-19-11-6-9-17-8-4-5-10-18(17)19;/h4-5,8,10,19H,6-7,9,11-14H2,1-3H3,(H2,22,23,24);1H. The highest BCUT2D eigenvalue weighted by atomic mass is 127. The predicted octanol–water partition coefficient (Wildman–Crippen LogP) is 4.53. The zero-order valence-electron chi connectivity index (χ0n) is 17.0. The number of nitrogens with zero attached hydrogens (tertiary/aromatic N) is 2. The number of guanidine groups is 1. The molecule has 28 heavy (non-hydrogen) atoms. The molecule has 0 amide bonds. The third-order valence-electron chi connectivity index (χ3n) is 4.89. The Hall–Kier alpha value is -1.19. The fourth-order valence-electron chi connectivity index (χ4n) is 3.51. The lowest BCUT2D eigenvalue weighted by molar-refractivity contribution is 0.0398. The molecule has 0 bridgehead atoms. The molecule has 2 aromatic rings. The fourth-order valence-corrected chi connectivity index (χ4v) is 4.39. The van der Waals surface area contributed by atoms with E-state index in [1.807, 2.05) is 6.92 Å². The van der Waals surface area contributed by atoms with Crippen LogP contribution in [0.25, 0.3) is 0 Å². The van der Waals surface area contributed by atoms with Gasteiger partial charge in [-0.15, -0.1) is 35.3 Å². The van der Waals surface area contributed by atoms with Crippen molar-refractivity contribution in [1.82, 2.24) is 15.6 Å². The van der Waals surface area contributed by atoms with Gasteiger partial charge >= 0.3 is 0 Å². The number of benzene rings is 1. The number of ether oxygens (including phenoxy) is 1. The molecule has 1 aromatic heterocycles. The molecule has 5 nitrogen and oxygen atoms in total. The summed E-state index contributed by atoms with van der Waals surface area (Å²) in [6.45, 7) is 6.45. The number of halogens is 1. The third-order valence-corrected chi connectivity index (χ3v) is 5.96. The fraction of sp³-hybridized carbons (Fsp3) is 0.524. The van der Waals surface area contributed by atoms with Gasteiger partial charge in [-0.3, -0.25) is 4.99 Å². The van der Waals surface area contributed by atoms with Crippen molar-refractivity contribution >= 4 is 41.3 Å². The first-order chi connectivity index (χ1) is 13.2. The third kappa shape index (κ3) is 6.42. The summed E-state index contributed by atoms with van der Waals surface area (Å²) >= 11 is 1.73. The molecule has 7 heteroatoms. The van der Waals surface area contributed by atoms with E-state index in [4.69, 9.17) is 4.74 Å². The lowest BCUT2D eigenvalue weighted by atomic mass is 9.89. The quantitative estimate of drug-likeness (QED) is 0.247. The number of aliphatic imine (C=N–C) groups is 1. The van der Waals surface area contributed by atoms with E-state index < -0.39 is 0 Å². The first-order valence-corrected chi connectivity index (χ1v) is 10.6. The van der Waals surface area contributed by atoms with Gasteiger partial charge in [0, 0.05) is 25.1 Å². The highest BCUT2D eigenvalue weighted by Gasteiger charge is 2.19. The average molecular weight is 514 g/mol. The summed E-state index contributed by atoms with van der Waals surface area (Å²) in [6.07, 6.45) is 4.73. The number of aromatic nitrogens is 1. The average Bonchev–Trinajstić information content (AvgIpc) is 3.01. The van der Waals surface area contributed by atoms with Crippen molar-refractivity contribution in [2.75, 3.05) is 20.2 Å². The Morgan fingerprint density at radius 1 is 1.29 bits per heavy atom. The minimum atomic E-state index is 0. The van der Waals surface area contributed by atoms with Gasteiger partial charge in [0.15, 0.2) is 5.96 Å². The van der Waals surface area contributed by atoms with Crippen molar-refractivity contribution in [3.63, 3.8) is 0 Å². The van der Waals surface area contributed by atoms with Gasteiger partial charge in [-0.1, -0.05) is 24.3 Å². The molecule has 3 rings (SSSR count). The molecule has 1 atom stereocenters. The Morgan fingerprint density at radius 3 is 2.86 bits per heavy atom. The van der Waals surface area contributed by atoms with Gasteiger partial charge < -0.3 is 15.4 Å². The van der Waals surface area contributed by atoms with Gasteiger partial charge in [0.1, 0.15) is 0 Å². The molecule has 1 heterocycles. The first-order valence-electron chi connectivity index (χ1n) is 9.74. The minimum Gasteiger partial charge on any atom is -0.373 e. The molecular formula is C21H31IN4OS. The maximum Gasteiger partial charge on any atom is 0.191 e. The maximum atomic E-state index is 6.17. The molecular weight excluding hydrogens is 483 g/mol. The van der Waals surface area contributed by atoms with Crippen LogP contribution in [-0.2, 0) is 17.7 Å². The minimum absolute atomic E-state index is 0. The van der Waals surface area contributed by atoms with Gasteiger partial charge in [0.25, 0.3) is 0 Å². The number of rotatable bonds is 7. The van der Waals surface area contributed by atoms with Gasteiger partial charge in [0.05, 0.1) is 23.4 Å². The van der Waals surface area contributed by atoms with E-state index in [0.717, 1.165) is 49.2 Å². The Bertz CT molecular complexity index is 778. The normalized spacial score (nSPS) is 16.2. The van der Waals surface area contributed by atoms with Crippen molar-refractivity contribution < 1.29 is 4.74 Å². The maximum absolute atomic E-state index is 6.17. The number of hydrogen-bond donors (Lipinski definition) is 2. The number of fused-ring (bicyclic) bond motifs is 1. The van der Waals surface area contributed by atoms with Crippen LogP contribution in [0, 0.1) is 13.8 Å².